The molecule has 6 heteroatoms. The van der Waals surface area contributed by atoms with Crippen molar-refractivity contribution in [3.8, 4) is 0 Å². The third kappa shape index (κ3) is 3.91. The van der Waals surface area contributed by atoms with Gasteiger partial charge in [-0.3, -0.25) is 4.55 Å². The quantitative estimate of drug-likeness (QED) is 0.650. The highest BCUT2D eigenvalue weighted by Crippen LogP contribution is 2.19. The van der Waals surface area contributed by atoms with Gasteiger partial charge in [0.15, 0.2) is 0 Å². The summed E-state index contributed by atoms with van der Waals surface area (Å²) in [6.45, 7) is 1.77. The van der Waals surface area contributed by atoms with Crippen molar-refractivity contribution in [2.75, 3.05) is 26.0 Å². The van der Waals surface area contributed by atoms with Gasteiger partial charge in [0.05, 0.1) is 6.10 Å². The summed E-state index contributed by atoms with van der Waals surface area (Å²) in [7, 11) is -2.45. The van der Waals surface area contributed by atoms with Gasteiger partial charge in [-0.25, -0.2) is 0 Å². The van der Waals surface area contributed by atoms with E-state index in [0.717, 1.165) is 25.9 Å². The zero-order chi connectivity index (χ0) is 10.6. The van der Waals surface area contributed by atoms with E-state index in [-0.39, 0.29) is 17.8 Å². The Bertz CT molecular complexity index is 259. The van der Waals surface area contributed by atoms with Gasteiger partial charge in [0.25, 0.3) is 10.1 Å². The fraction of sp³-hybridized carbons (Fsp3) is 1.00. The Balaban J connectivity index is 2.52. The maximum atomic E-state index is 10.7. The molecule has 1 heterocycles. The topological polar surface area (TPSA) is 75.6 Å². The standard InChI is InChI=1S/C8H17NO4S/c1-13-8(6-14(10,11)12)7-2-4-9-5-3-7/h7-9H,2-6H2,1H3,(H,10,11,12). The summed E-state index contributed by atoms with van der Waals surface area (Å²) >= 11 is 0. The van der Waals surface area contributed by atoms with Crippen molar-refractivity contribution in [2.24, 2.45) is 5.92 Å². The molecule has 1 rings (SSSR count). The van der Waals surface area contributed by atoms with E-state index in [2.05, 4.69) is 5.32 Å². The Morgan fingerprint density at radius 3 is 2.50 bits per heavy atom. The van der Waals surface area contributed by atoms with Gasteiger partial charge in [0, 0.05) is 7.11 Å². The highest BCUT2D eigenvalue weighted by atomic mass is 32.2. The SMILES string of the molecule is COC(CS(=O)(=O)O)C1CCNCC1. The smallest absolute Gasteiger partial charge is 0.267 e. The Kier molecular flexibility index (Phi) is 4.31. The summed E-state index contributed by atoms with van der Waals surface area (Å²) in [5, 5.41) is 3.19. The highest BCUT2D eigenvalue weighted by molar-refractivity contribution is 7.85. The highest BCUT2D eigenvalue weighted by Gasteiger charge is 2.27. The minimum absolute atomic E-state index is 0.225. The third-order valence-electron chi connectivity index (χ3n) is 2.59. The average molecular weight is 223 g/mol. The van der Waals surface area contributed by atoms with Crippen molar-refractivity contribution in [3.05, 3.63) is 0 Å². The van der Waals surface area contributed by atoms with Crippen LogP contribution in [0.25, 0.3) is 0 Å². The fourth-order valence-electron chi connectivity index (χ4n) is 1.82. The molecule has 1 saturated heterocycles. The van der Waals surface area contributed by atoms with Crippen LogP contribution >= 0.6 is 0 Å². The van der Waals surface area contributed by atoms with Gasteiger partial charge in [0.2, 0.25) is 0 Å². The van der Waals surface area contributed by atoms with Crippen molar-refractivity contribution >= 4 is 10.1 Å². The minimum atomic E-state index is -3.93. The van der Waals surface area contributed by atoms with Gasteiger partial charge in [0.1, 0.15) is 5.75 Å². The van der Waals surface area contributed by atoms with Crippen molar-refractivity contribution in [1.82, 2.24) is 5.32 Å². The lowest BCUT2D eigenvalue weighted by Crippen LogP contribution is -2.38. The van der Waals surface area contributed by atoms with Crippen LogP contribution in [0.3, 0.4) is 0 Å². The summed E-state index contributed by atoms with van der Waals surface area (Å²) in [6, 6.07) is 0. The fourth-order valence-corrected chi connectivity index (χ4v) is 2.64. The van der Waals surface area contributed by atoms with Crippen molar-refractivity contribution in [3.63, 3.8) is 0 Å². The summed E-state index contributed by atoms with van der Waals surface area (Å²) in [6.07, 6.45) is 1.41. The number of nitrogens with one attached hydrogen (secondary N) is 1. The number of hydrogen-bond acceptors (Lipinski definition) is 4. The number of hydrogen-bond donors (Lipinski definition) is 2. The molecule has 1 atom stereocenters. The second-order valence-electron chi connectivity index (χ2n) is 3.61. The first kappa shape index (κ1) is 11.9. The first-order valence-electron chi connectivity index (χ1n) is 4.71. The number of piperidine rings is 1. The van der Waals surface area contributed by atoms with Gasteiger partial charge < -0.3 is 10.1 Å². The molecule has 0 aromatic rings. The molecule has 1 unspecified atom stereocenters. The summed E-state index contributed by atoms with van der Waals surface area (Å²) in [4.78, 5) is 0. The Morgan fingerprint density at radius 1 is 1.50 bits per heavy atom. The maximum Gasteiger partial charge on any atom is 0.267 e. The molecule has 0 saturated carbocycles. The van der Waals surface area contributed by atoms with E-state index < -0.39 is 10.1 Å². The lowest BCUT2D eigenvalue weighted by molar-refractivity contribution is 0.0549. The molecule has 0 radical (unpaired) electrons. The van der Waals surface area contributed by atoms with E-state index in [1.807, 2.05) is 0 Å². The monoisotopic (exact) mass is 223 g/mol. The molecular formula is C8H17NO4S. The predicted octanol–water partition coefficient (Wildman–Crippen LogP) is -0.111. The molecule has 0 bridgehead atoms. The van der Waals surface area contributed by atoms with Gasteiger partial charge in [-0.1, -0.05) is 0 Å². The third-order valence-corrected chi connectivity index (χ3v) is 3.34. The Hall–Kier alpha value is -0.170. The van der Waals surface area contributed by atoms with E-state index >= 15 is 0 Å². The zero-order valence-corrected chi connectivity index (χ0v) is 9.09. The zero-order valence-electron chi connectivity index (χ0n) is 8.27. The van der Waals surface area contributed by atoms with E-state index in [1.54, 1.807) is 0 Å². The van der Waals surface area contributed by atoms with Crippen LogP contribution in [-0.2, 0) is 14.9 Å². The Labute approximate surface area is 84.6 Å². The first-order valence-corrected chi connectivity index (χ1v) is 6.32. The Morgan fingerprint density at radius 2 is 2.07 bits per heavy atom. The molecule has 84 valence electrons. The molecule has 1 aliphatic heterocycles. The number of ether oxygens (including phenoxy) is 1. The molecule has 0 aromatic carbocycles. The van der Waals surface area contributed by atoms with Gasteiger partial charge in [-0.15, -0.1) is 0 Å². The van der Waals surface area contributed by atoms with E-state index in [4.69, 9.17) is 9.29 Å². The minimum Gasteiger partial charge on any atom is -0.380 e. The van der Waals surface area contributed by atoms with E-state index in [9.17, 15) is 8.42 Å². The molecular weight excluding hydrogens is 206 g/mol. The summed E-state index contributed by atoms with van der Waals surface area (Å²) in [5.41, 5.74) is 0. The first-order chi connectivity index (χ1) is 6.53. The normalized spacial score (nSPS) is 22.1. The average Bonchev–Trinajstić information content (AvgIpc) is 2.14. The number of methoxy groups -OCH3 is 1. The van der Waals surface area contributed by atoms with Crippen LogP contribution in [0.5, 0.6) is 0 Å². The number of rotatable bonds is 4. The maximum absolute atomic E-state index is 10.7. The second kappa shape index (κ2) is 5.06. The van der Waals surface area contributed by atoms with Crippen LogP contribution in [0, 0.1) is 5.92 Å². The van der Waals surface area contributed by atoms with E-state index in [0.29, 0.717) is 0 Å². The van der Waals surface area contributed by atoms with Crippen LogP contribution in [0.1, 0.15) is 12.8 Å². The molecule has 0 amide bonds. The van der Waals surface area contributed by atoms with Crippen LogP contribution in [0.4, 0.5) is 0 Å². The van der Waals surface area contributed by atoms with Crippen LogP contribution in [0.15, 0.2) is 0 Å². The predicted molar refractivity (Wildman–Crippen MR) is 52.8 cm³/mol. The van der Waals surface area contributed by atoms with Crippen molar-refractivity contribution in [1.29, 1.82) is 0 Å². The summed E-state index contributed by atoms with van der Waals surface area (Å²) < 4.78 is 35.2. The molecule has 1 fully saturated rings. The molecule has 0 spiro atoms. The molecule has 2 N–H and O–H groups in total. The van der Waals surface area contributed by atoms with E-state index in [1.165, 1.54) is 7.11 Å². The molecule has 14 heavy (non-hydrogen) atoms. The van der Waals surface area contributed by atoms with Crippen molar-refractivity contribution in [2.45, 2.75) is 18.9 Å². The largest absolute Gasteiger partial charge is 0.380 e. The van der Waals surface area contributed by atoms with Gasteiger partial charge >= 0.3 is 0 Å². The van der Waals surface area contributed by atoms with Crippen molar-refractivity contribution < 1.29 is 17.7 Å². The molecule has 5 nitrogen and oxygen atoms in total. The molecule has 0 aromatic heterocycles. The lowest BCUT2D eigenvalue weighted by atomic mass is 9.93. The van der Waals surface area contributed by atoms with Crippen LogP contribution in [0.2, 0.25) is 0 Å². The molecule has 1 aliphatic rings. The van der Waals surface area contributed by atoms with Crippen LogP contribution < -0.4 is 5.32 Å². The second-order valence-corrected chi connectivity index (χ2v) is 5.11. The van der Waals surface area contributed by atoms with Crippen LogP contribution in [-0.4, -0.2) is 45.0 Å². The van der Waals surface area contributed by atoms with Gasteiger partial charge in [-0.2, -0.15) is 8.42 Å². The van der Waals surface area contributed by atoms with Gasteiger partial charge in [-0.05, 0) is 31.8 Å². The molecule has 0 aliphatic carbocycles. The summed E-state index contributed by atoms with van der Waals surface area (Å²) in [5.74, 6) is -0.0723. The lowest BCUT2D eigenvalue weighted by Gasteiger charge is -2.28.